The summed E-state index contributed by atoms with van der Waals surface area (Å²) in [6, 6.07) is 0. The Kier molecular flexibility index (Phi) is 10.4. The molecule has 1 aromatic carbocycles. The molecule has 0 unspecified atom stereocenters. The second-order valence-electron chi connectivity index (χ2n) is 9.01. The average molecular weight is 525 g/mol. The number of cyclic esters (lactones) is 1. The summed E-state index contributed by atoms with van der Waals surface area (Å²) in [5.41, 5.74) is 2.41. The summed E-state index contributed by atoms with van der Waals surface area (Å²) < 4.78 is 47.3. The molecule has 2 aliphatic rings. The number of hydrogen-bond acceptors (Lipinski definition) is 8. The van der Waals surface area contributed by atoms with Gasteiger partial charge in [0.2, 0.25) is 0 Å². The fraction of sp³-hybridized carbons (Fsp3) is 0.577. The van der Waals surface area contributed by atoms with Gasteiger partial charge in [-0.15, -0.1) is 0 Å². The van der Waals surface area contributed by atoms with Crippen molar-refractivity contribution in [3.8, 4) is 5.75 Å². The van der Waals surface area contributed by atoms with Crippen LogP contribution in [0.25, 0.3) is 0 Å². The Hall–Kier alpha value is -3.05. The molecule has 1 N–H and O–H groups in total. The second kappa shape index (κ2) is 13.5. The molecule has 0 aliphatic carbocycles. The topological polar surface area (TPSA) is 103 Å². The molecular weight excluding hydrogens is 490 g/mol. The summed E-state index contributed by atoms with van der Waals surface area (Å²) in [4.78, 5) is 38.6. The van der Waals surface area contributed by atoms with Crippen LogP contribution in [0.1, 0.15) is 53.2 Å². The van der Waals surface area contributed by atoms with Crippen molar-refractivity contribution in [2.75, 3.05) is 51.9 Å². The third-order valence-electron chi connectivity index (χ3n) is 6.49. The molecule has 1 fully saturated rings. The molecule has 2 heterocycles. The summed E-state index contributed by atoms with van der Waals surface area (Å²) >= 11 is 0. The van der Waals surface area contributed by atoms with Crippen molar-refractivity contribution in [1.82, 2.24) is 4.90 Å². The molecule has 0 spiro atoms. The lowest BCUT2D eigenvalue weighted by molar-refractivity contribution is -0.143. The molecule has 9 nitrogen and oxygen atoms in total. The number of halogens is 2. The van der Waals surface area contributed by atoms with E-state index in [0.29, 0.717) is 35.5 Å². The van der Waals surface area contributed by atoms with Gasteiger partial charge in [-0.3, -0.25) is 14.5 Å². The molecule has 0 saturated carbocycles. The fourth-order valence-corrected chi connectivity index (χ4v) is 4.42. The molecule has 0 radical (unpaired) electrons. The molecule has 0 bridgehead atoms. The highest BCUT2D eigenvalue weighted by atomic mass is 19.3. The number of nitrogens with zero attached hydrogens (tertiary/aromatic N) is 1. The van der Waals surface area contributed by atoms with E-state index in [2.05, 4.69) is 10.2 Å². The zero-order valence-corrected chi connectivity index (χ0v) is 21.5. The first-order valence-corrected chi connectivity index (χ1v) is 12.3. The van der Waals surface area contributed by atoms with Gasteiger partial charge in [-0.05, 0) is 38.7 Å². The number of carbonyl (C=O) groups is 3. The number of methoxy groups -OCH3 is 1. The number of benzene rings is 1. The maximum atomic E-state index is 13.0. The van der Waals surface area contributed by atoms with Crippen LogP contribution in [0.15, 0.2) is 11.6 Å². The number of amides is 1. The first-order valence-electron chi connectivity index (χ1n) is 12.3. The second-order valence-corrected chi connectivity index (χ2v) is 9.01. The minimum Gasteiger partial charge on any atom is -0.496 e. The first-order chi connectivity index (χ1) is 17.7. The lowest BCUT2D eigenvalue weighted by Gasteiger charge is -2.26. The van der Waals surface area contributed by atoms with Gasteiger partial charge in [-0.25, -0.2) is 4.79 Å². The van der Waals surface area contributed by atoms with Crippen LogP contribution < -0.4 is 10.1 Å². The predicted octanol–water partition coefficient (Wildman–Crippen LogP) is 3.41. The summed E-state index contributed by atoms with van der Waals surface area (Å²) in [7, 11) is 1.43. The van der Waals surface area contributed by atoms with E-state index in [0.717, 1.165) is 44.8 Å². The summed E-state index contributed by atoms with van der Waals surface area (Å²) in [6.07, 6.45) is 0.132. The quantitative estimate of drug-likeness (QED) is 0.252. The van der Waals surface area contributed by atoms with E-state index in [1.807, 2.05) is 13.0 Å². The summed E-state index contributed by atoms with van der Waals surface area (Å²) in [6.45, 7) is 8.00. The first kappa shape index (κ1) is 28.5. The van der Waals surface area contributed by atoms with Crippen molar-refractivity contribution < 1.29 is 42.1 Å². The van der Waals surface area contributed by atoms with Crippen LogP contribution in [-0.2, 0) is 36.8 Å². The van der Waals surface area contributed by atoms with Crippen LogP contribution in [0, 0.1) is 6.92 Å². The number of morpholine rings is 1. The normalized spacial score (nSPS) is 15.9. The highest BCUT2D eigenvalue weighted by Crippen LogP contribution is 2.41. The number of allylic oxidation sites excluding steroid dienone is 2. The Morgan fingerprint density at radius 2 is 1.95 bits per heavy atom. The van der Waals surface area contributed by atoms with Gasteiger partial charge in [0, 0.05) is 37.2 Å². The molecule has 3 rings (SSSR count). The molecule has 1 amide bonds. The van der Waals surface area contributed by atoms with Crippen molar-refractivity contribution in [3.63, 3.8) is 0 Å². The maximum Gasteiger partial charge on any atom is 0.341 e. The number of carbonyl (C=O) groups excluding carboxylic acids is 3. The molecule has 37 heavy (non-hydrogen) atoms. The molecule has 2 aliphatic heterocycles. The Bertz CT molecular complexity index is 1040. The Morgan fingerprint density at radius 1 is 1.22 bits per heavy atom. The monoisotopic (exact) mass is 524 g/mol. The lowest BCUT2D eigenvalue weighted by atomic mass is 9.93. The van der Waals surface area contributed by atoms with Gasteiger partial charge in [-0.1, -0.05) is 11.6 Å². The molecule has 1 saturated heterocycles. The summed E-state index contributed by atoms with van der Waals surface area (Å²) in [5.74, 6) is -2.13. The Labute approximate surface area is 215 Å². The van der Waals surface area contributed by atoms with Crippen molar-refractivity contribution >= 4 is 23.5 Å². The number of fused-ring (bicyclic) bond motifs is 1. The van der Waals surface area contributed by atoms with Crippen LogP contribution in [0.2, 0.25) is 0 Å². The molecule has 0 atom stereocenters. The fourth-order valence-electron chi connectivity index (χ4n) is 4.42. The number of rotatable bonds is 12. The highest BCUT2D eigenvalue weighted by molar-refractivity contribution is 6.06. The van der Waals surface area contributed by atoms with Gasteiger partial charge >= 0.3 is 18.4 Å². The zero-order valence-electron chi connectivity index (χ0n) is 21.5. The summed E-state index contributed by atoms with van der Waals surface area (Å²) in [5, 5.41) is 2.19. The van der Waals surface area contributed by atoms with Crippen LogP contribution >= 0.6 is 0 Å². The van der Waals surface area contributed by atoms with E-state index in [9.17, 15) is 23.2 Å². The van der Waals surface area contributed by atoms with Gasteiger partial charge in [-0.2, -0.15) is 8.78 Å². The van der Waals surface area contributed by atoms with E-state index >= 15 is 0 Å². The van der Waals surface area contributed by atoms with E-state index in [4.69, 9.17) is 18.9 Å². The smallest absolute Gasteiger partial charge is 0.341 e. The van der Waals surface area contributed by atoms with Gasteiger partial charge in [0.25, 0.3) is 5.91 Å². The number of ether oxygens (including phenoxy) is 4. The number of esters is 2. The SMILES string of the molecule is COc1c(C)c2c(c(NC(=O)C(F)F)c1CC=C(C)CCC(=O)OCCCN1CCOCC1)C(=O)OC2. The van der Waals surface area contributed by atoms with Gasteiger partial charge < -0.3 is 24.3 Å². The van der Waals surface area contributed by atoms with Crippen LogP contribution in [-0.4, -0.2) is 75.7 Å². The van der Waals surface area contributed by atoms with Crippen LogP contribution in [0.5, 0.6) is 5.75 Å². The third-order valence-corrected chi connectivity index (χ3v) is 6.49. The standard InChI is InChI=1S/C26H34F2N2O7/c1-16(6-8-20(31)36-12-4-9-30-10-13-35-14-11-30)5-7-18-22(29-25(32)24(27)28)21-19(15-37-26(21)33)17(2)23(18)34-3/h5,24H,4,6-15H2,1-3H3,(H,29,32). The zero-order chi connectivity index (χ0) is 26.9. The maximum absolute atomic E-state index is 13.0. The molecule has 0 aromatic heterocycles. The van der Waals surface area contributed by atoms with Crippen LogP contribution in [0.3, 0.4) is 0 Å². The van der Waals surface area contributed by atoms with Gasteiger partial charge in [0.05, 0.1) is 38.2 Å². The van der Waals surface area contributed by atoms with Crippen LogP contribution in [0.4, 0.5) is 14.5 Å². The van der Waals surface area contributed by atoms with Crippen molar-refractivity contribution in [1.29, 1.82) is 0 Å². The molecule has 204 valence electrons. The Balaban J connectivity index is 1.63. The number of anilines is 1. The number of hydrogen-bond donors (Lipinski definition) is 1. The molecule has 11 heteroatoms. The van der Waals surface area contributed by atoms with Gasteiger partial charge in [0.1, 0.15) is 12.4 Å². The van der Waals surface area contributed by atoms with Gasteiger partial charge in [0.15, 0.2) is 0 Å². The van der Waals surface area contributed by atoms with E-state index < -0.39 is 18.3 Å². The van der Waals surface area contributed by atoms with E-state index in [1.54, 1.807) is 6.92 Å². The van der Waals surface area contributed by atoms with Crippen molar-refractivity contribution in [2.24, 2.45) is 0 Å². The van der Waals surface area contributed by atoms with E-state index in [1.165, 1.54) is 7.11 Å². The Morgan fingerprint density at radius 3 is 2.62 bits per heavy atom. The molecular formula is C26H34F2N2O7. The lowest BCUT2D eigenvalue weighted by Crippen LogP contribution is -2.37. The number of nitrogens with one attached hydrogen (secondary N) is 1. The van der Waals surface area contributed by atoms with Crippen molar-refractivity contribution in [2.45, 2.75) is 52.6 Å². The highest BCUT2D eigenvalue weighted by Gasteiger charge is 2.33. The number of alkyl halides is 2. The van der Waals surface area contributed by atoms with E-state index in [-0.39, 0.29) is 36.7 Å². The average Bonchev–Trinajstić information content (AvgIpc) is 3.28. The largest absolute Gasteiger partial charge is 0.496 e. The van der Waals surface area contributed by atoms with Crippen molar-refractivity contribution in [3.05, 3.63) is 33.9 Å². The molecule has 1 aromatic rings. The third kappa shape index (κ3) is 7.48. The minimum atomic E-state index is -3.26. The minimum absolute atomic E-state index is 0.0301. The predicted molar refractivity (Wildman–Crippen MR) is 131 cm³/mol.